The molecule has 0 aliphatic carbocycles. The Labute approximate surface area is 87.5 Å². The molecule has 70 valence electrons. The summed E-state index contributed by atoms with van der Waals surface area (Å²) in [6, 6.07) is 6.15. The van der Waals surface area contributed by atoms with Gasteiger partial charge in [0, 0.05) is 4.48 Å². The normalized spacial score (nSPS) is 9.77. The van der Waals surface area contributed by atoms with Crippen molar-refractivity contribution in [2.24, 2.45) is 0 Å². The molecule has 0 aliphatic rings. The molecular formula is C11H13BrO. The van der Waals surface area contributed by atoms with Gasteiger partial charge in [0.25, 0.3) is 0 Å². The van der Waals surface area contributed by atoms with Gasteiger partial charge < -0.3 is 4.74 Å². The summed E-state index contributed by atoms with van der Waals surface area (Å²) in [4.78, 5) is 0. The zero-order valence-corrected chi connectivity index (χ0v) is 9.52. The summed E-state index contributed by atoms with van der Waals surface area (Å²) in [6.07, 6.45) is 0. The summed E-state index contributed by atoms with van der Waals surface area (Å²) in [7, 11) is 0. The van der Waals surface area contributed by atoms with Crippen LogP contribution in [0.5, 0.6) is 5.75 Å². The molecule has 0 atom stereocenters. The summed E-state index contributed by atoms with van der Waals surface area (Å²) in [5.74, 6) is 0.901. The first-order chi connectivity index (χ1) is 6.08. The lowest BCUT2D eigenvalue weighted by molar-refractivity contribution is 0.360. The van der Waals surface area contributed by atoms with Gasteiger partial charge >= 0.3 is 0 Å². The minimum Gasteiger partial charge on any atom is -0.488 e. The van der Waals surface area contributed by atoms with Crippen LogP contribution in [0.4, 0.5) is 0 Å². The molecule has 0 amide bonds. The van der Waals surface area contributed by atoms with Crippen LogP contribution in [0.3, 0.4) is 0 Å². The van der Waals surface area contributed by atoms with Crippen LogP contribution in [0.1, 0.15) is 11.1 Å². The Morgan fingerprint density at radius 2 is 1.85 bits per heavy atom. The maximum absolute atomic E-state index is 5.48. The number of benzene rings is 1. The molecule has 0 aliphatic heterocycles. The van der Waals surface area contributed by atoms with Gasteiger partial charge in [-0.15, -0.1) is 0 Å². The highest BCUT2D eigenvalue weighted by atomic mass is 79.9. The molecule has 0 radical (unpaired) electrons. The molecule has 1 aromatic carbocycles. The monoisotopic (exact) mass is 240 g/mol. The molecule has 0 bridgehead atoms. The molecule has 1 rings (SSSR count). The van der Waals surface area contributed by atoms with Gasteiger partial charge in [0.2, 0.25) is 0 Å². The van der Waals surface area contributed by atoms with Gasteiger partial charge in [-0.25, -0.2) is 0 Å². The zero-order chi connectivity index (χ0) is 9.84. The number of hydrogen-bond donors (Lipinski definition) is 0. The van der Waals surface area contributed by atoms with Crippen molar-refractivity contribution in [1.29, 1.82) is 0 Å². The Morgan fingerprint density at radius 1 is 1.31 bits per heavy atom. The summed E-state index contributed by atoms with van der Waals surface area (Å²) in [5, 5.41) is 0. The second-order valence-corrected chi connectivity index (χ2v) is 4.25. The molecule has 0 unspecified atom stereocenters. The maximum atomic E-state index is 5.48. The second-order valence-electron chi connectivity index (χ2n) is 3.13. The Morgan fingerprint density at radius 3 is 2.31 bits per heavy atom. The third kappa shape index (κ3) is 3.64. The summed E-state index contributed by atoms with van der Waals surface area (Å²) in [6.45, 7) is 8.34. The lowest BCUT2D eigenvalue weighted by Gasteiger charge is -2.06. The number of hydrogen-bond acceptors (Lipinski definition) is 1. The first-order valence-corrected chi connectivity index (χ1v) is 4.91. The maximum Gasteiger partial charge on any atom is 0.120 e. The van der Waals surface area contributed by atoms with E-state index in [1.165, 1.54) is 11.1 Å². The van der Waals surface area contributed by atoms with E-state index < -0.39 is 0 Å². The summed E-state index contributed by atoms with van der Waals surface area (Å²) >= 11 is 3.25. The van der Waals surface area contributed by atoms with Crippen molar-refractivity contribution < 1.29 is 4.74 Å². The van der Waals surface area contributed by atoms with E-state index in [0.717, 1.165) is 10.2 Å². The molecule has 0 saturated carbocycles. The van der Waals surface area contributed by atoms with Gasteiger partial charge in [0.05, 0.1) is 0 Å². The number of ether oxygens (including phenoxy) is 1. The van der Waals surface area contributed by atoms with Crippen molar-refractivity contribution in [2.75, 3.05) is 6.61 Å². The van der Waals surface area contributed by atoms with Crippen LogP contribution in [0.15, 0.2) is 29.3 Å². The van der Waals surface area contributed by atoms with Crippen molar-refractivity contribution in [1.82, 2.24) is 0 Å². The third-order valence-corrected chi connectivity index (χ3v) is 1.82. The zero-order valence-electron chi connectivity index (χ0n) is 7.93. The fraction of sp³-hybridized carbons (Fsp3) is 0.273. The minimum atomic E-state index is 0.517. The Kier molecular flexibility index (Phi) is 3.55. The van der Waals surface area contributed by atoms with Crippen molar-refractivity contribution in [3.8, 4) is 5.75 Å². The second kappa shape index (κ2) is 4.47. The Balaban J connectivity index is 2.71. The van der Waals surface area contributed by atoms with Crippen LogP contribution in [0.25, 0.3) is 0 Å². The molecule has 13 heavy (non-hydrogen) atoms. The van der Waals surface area contributed by atoms with Crippen LogP contribution >= 0.6 is 15.9 Å². The Bertz CT molecular complexity index is 298. The van der Waals surface area contributed by atoms with Gasteiger partial charge in [-0.05, 0) is 37.1 Å². The average molecular weight is 241 g/mol. The molecular weight excluding hydrogens is 228 g/mol. The molecule has 1 nitrogen and oxygen atoms in total. The third-order valence-electron chi connectivity index (χ3n) is 1.59. The molecule has 0 spiro atoms. The minimum absolute atomic E-state index is 0.517. The van der Waals surface area contributed by atoms with E-state index >= 15 is 0 Å². The molecule has 0 saturated heterocycles. The van der Waals surface area contributed by atoms with E-state index in [2.05, 4.69) is 42.4 Å². The van der Waals surface area contributed by atoms with Crippen LogP contribution in [-0.4, -0.2) is 6.61 Å². The smallest absolute Gasteiger partial charge is 0.120 e. The topological polar surface area (TPSA) is 9.23 Å². The molecule has 0 fully saturated rings. The van der Waals surface area contributed by atoms with Gasteiger partial charge in [-0.3, -0.25) is 0 Å². The van der Waals surface area contributed by atoms with E-state index in [-0.39, 0.29) is 0 Å². The van der Waals surface area contributed by atoms with Crippen LogP contribution in [0.2, 0.25) is 0 Å². The number of aryl methyl sites for hydroxylation is 2. The van der Waals surface area contributed by atoms with Crippen molar-refractivity contribution in [3.05, 3.63) is 40.4 Å². The highest BCUT2D eigenvalue weighted by Gasteiger charge is 1.96. The molecule has 0 N–H and O–H groups in total. The SMILES string of the molecule is C=C(Br)COc1cc(C)cc(C)c1. The highest BCUT2D eigenvalue weighted by molar-refractivity contribution is 9.11. The van der Waals surface area contributed by atoms with Crippen molar-refractivity contribution >= 4 is 15.9 Å². The summed E-state index contributed by atoms with van der Waals surface area (Å²) in [5.41, 5.74) is 2.44. The molecule has 2 heteroatoms. The van der Waals surface area contributed by atoms with Gasteiger partial charge in [0.15, 0.2) is 0 Å². The van der Waals surface area contributed by atoms with Gasteiger partial charge in [-0.2, -0.15) is 0 Å². The number of rotatable bonds is 3. The summed E-state index contributed by atoms with van der Waals surface area (Å²) < 4.78 is 6.34. The van der Waals surface area contributed by atoms with E-state index in [1.807, 2.05) is 12.1 Å². The molecule has 0 aromatic heterocycles. The van der Waals surface area contributed by atoms with E-state index in [1.54, 1.807) is 0 Å². The standard InChI is InChI=1S/C11H13BrO/c1-8-4-9(2)6-11(5-8)13-7-10(3)12/h4-6H,3,7H2,1-2H3. The van der Waals surface area contributed by atoms with E-state index in [4.69, 9.17) is 4.74 Å². The van der Waals surface area contributed by atoms with Crippen LogP contribution in [0, 0.1) is 13.8 Å². The molecule has 1 aromatic rings. The largest absolute Gasteiger partial charge is 0.488 e. The van der Waals surface area contributed by atoms with E-state index in [9.17, 15) is 0 Å². The lowest BCUT2D eigenvalue weighted by atomic mass is 10.1. The van der Waals surface area contributed by atoms with E-state index in [0.29, 0.717) is 6.61 Å². The Hall–Kier alpha value is -0.760. The predicted molar refractivity (Wildman–Crippen MR) is 59.5 cm³/mol. The first-order valence-electron chi connectivity index (χ1n) is 4.12. The highest BCUT2D eigenvalue weighted by Crippen LogP contribution is 2.17. The number of halogens is 1. The lowest BCUT2D eigenvalue weighted by Crippen LogP contribution is -1.96. The van der Waals surface area contributed by atoms with Gasteiger partial charge in [0.1, 0.15) is 12.4 Å². The molecule has 0 heterocycles. The first kappa shape index (κ1) is 10.3. The van der Waals surface area contributed by atoms with Crippen LogP contribution < -0.4 is 4.74 Å². The van der Waals surface area contributed by atoms with Crippen molar-refractivity contribution in [3.63, 3.8) is 0 Å². The van der Waals surface area contributed by atoms with Crippen LogP contribution in [-0.2, 0) is 0 Å². The predicted octanol–water partition coefficient (Wildman–Crippen LogP) is 3.59. The quantitative estimate of drug-likeness (QED) is 0.785. The van der Waals surface area contributed by atoms with Crippen molar-refractivity contribution in [2.45, 2.75) is 13.8 Å². The average Bonchev–Trinajstić information content (AvgIpc) is 1.99. The fourth-order valence-corrected chi connectivity index (χ4v) is 1.29. The van der Waals surface area contributed by atoms with Gasteiger partial charge in [-0.1, -0.05) is 28.6 Å². The fourth-order valence-electron chi connectivity index (χ4n) is 1.18.